The summed E-state index contributed by atoms with van der Waals surface area (Å²) in [6.07, 6.45) is 0.801. The lowest BCUT2D eigenvalue weighted by molar-refractivity contribution is 0.0939. The largest absolute Gasteiger partial charge is 0.345 e. The van der Waals surface area contributed by atoms with E-state index < -0.39 is 0 Å². The minimum absolute atomic E-state index is 0.0525. The Hall–Kier alpha value is -1.98. The molecule has 1 amide bonds. The van der Waals surface area contributed by atoms with Gasteiger partial charge in [-0.1, -0.05) is 30.7 Å². The van der Waals surface area contributed by atoms with Crippen LogP contribution >= 0.6 is 22.9 Å². The minimum Gasteiger partial charge on any atom is -0.345 e. The van der Waals surface area contributed by atoms with E-state index in [0.29, 0.717) is 9.90 Å². The van der Waals surface area contributed by atoms with Gasteiger partial charge in [0.05, 0.1) is 10.9 Å². The monoisotopic (exact) mass is 373 g/mol. The summed E-state index contributed by atoms with van der Waals surface area (Å²) < 4.78 is 0. The zero-order valence-corrected chi connectivity index (χ0v) is 16.3. The third kappa shape index (κ3) is 3.53. The number of halogens is 1. The van der Waals surface area contributed by atoms with Crippen molar-refractivity contribution in [3.05, 3.63) is 56.8 Å². The van der Waals surface area contributed by atoms with Crippen LogP contribution in [0.15, 0.2) is 24.3 Å². The number of nitrogens with one attached hydrogen (secondary N) is 1. The Bertz CT molecular complexity index is 934. The van der Waals surface area contributed by atoms with Gasteiger partial charge in [-0.2, -0.15) is 0 Å². The molecule has 1 N–H and O–H groups in total. The van der Waals surface area contributed by atoms with Gasteiger partial charge in [0.25, 0.3) is 5.91 Å². The summed E-state index contributed by atoms with van der Waals surface area (Å²) in [5.74, 6) is 0.658. The number of nitrogens with zero attached hydrogens (tertiary/aromatic N) is 2. The molecule has 0 saturated heterocycles. The van der Waals surface area contributed by atoms with Crippen LogP contribution in [0.4, 0.5) is 0 Å². The molecule has 0 aliphatic rings. The van der Waals surface area contributed by atoms with Crippen molar-refractivity contribution in [2.45, 2.75) is 40.2 Å². The van der Waals surface area contributed by atoms with E-state index in [1.165, 1.54) is 11.3 Å². The second kappa shape index (κ2) is 7.10. The fraction of sp³-hybridized carbons (Fsp3) is 0.316. The quantitative estimate of drug-likeness (QED) is 0.687. The predicted molar refractivity (Wildman–Crippen MR) is 104 cm³/mol. The molecule has 0 fully saturated rings. The molecule has 0 saturated carbocycles. The summed E-state index contributed by atoms with van der Waals surface area (Å²) in [4.78, 5) is 23.3. The fourth-order valence-corrected chi connectivity index (χ4v) is 4.34. The van der Waals surface area contributed by atoms with E-state index in [0.717, 1.165) is 39.3 Å². The number of thiophene rings is 1. The maximum atomic E-state index is 12.9. The molecule has 130 valence electrons. The van der Waals surface area contributed by atoms with Crippen molar-refractivity contribution >= 4 is 39.1 Å². The summed E-state index contributed by atoms with van der Waals surface area (Å²) >= 11 is 7.38. The topological polar surface area (TPSA) is 54.9 Å². The number of carbonyl (C=O) groups is 1. The van der Waals surface area contributed by atoms with Gasteiger partial charge in [0.2, 0.25) is 0 Å². The minimum atomic E-state index is -0.0700. The van der Waals surface area contributed by atoms with Gasteiger partial charge >= 0.3 is 0 Å². The first kappa shape index (κ1) is 17.8. The van der Waals surface area contributed by atoms with Crippen molar-refractivity contribution in [3.8, 4) is 0 Å². The van der Waals surface area contributed by atoms with Gasteiger partial charge in [-0.05, 0) is 50.5 Å². The maximum absolute atomic E-state index is 12.9. The Balaban J connectivity index is 1.92. The lowest BCUT2D eigenvalue weighted by Gasteiger charge is -2.17. The standard InChI is InChI=1S/C19H20ClN3OS/c1-5-15(13-6-8-14(20)9-7-13)23-18(24)17-10(2)16-11(3)21-12(4)22-19(16)25-17/h6-9,15H,5H2,1-4H3,(H,23,24). The number of hydrogen-bond donors (Lipinski definition) is 1. The van der Waals surface area contributed by atoms with E-state index >= 15 is 0 Å². The van der Waals surface area contributed by atoms with E-state index in [4.69, 9.17) is 11.6 Å². The number of rotatable bonds is 4. The highest BCUT2D eigenvalue weighted by molar-refractivity contribution is 7.20. The molecule has 4 nitrogen and oxygen atoms in total. The number of fused-ring (bicyclic) bond motifs is 1. The highest BCUT2D eigenvalue weighted by Crippen LogP contribution is 2.31. The van der Waals surface area contributed by atoms with Gasteiger partial charge in [-0.25, -0.2) is 9.97 Å². The second-order valence-corrected chi connectivity index (χ2v) is 7.51. The lowest BCUT2D eigenvalue weighted by atomic mass is 10.0. The van der Waals surface area contributed by atoms with Crippen molar-refractivity contribution < 1.29 is 4.79 Å². The average molecular weight is 374 g/mol. The van der Waals surface area contributed by atoms with Crippen molar-refractivity contribution in [3.63, 3.8) is 0 Å². The predicted octanol–water partition coefficient (Wildman–Crippen LogP) is 5.15. The molecule has 0 bridgehead atoms. The fourth-order valence-electron chi connectivity index (χ4n) is 3.03. The molecule has 0 aliphatic heterocycles. The third-order valence-electron chi connectivity index (χ3n) is 4.28. The first-order valence-corrected chi connectivity index (χ1v) is 9.40. The normalized spacial score (nSPS) is 12.4. The molecule has 1 unspecified atom stereocenters. The SMILES string of the molecule is CCC(NC(=O)c1sc2nc(C)nc(C)c2c1C)c1ccc(Cl)cc1. The Morgan fingerprint density at radius 3 is 2.52 bits per heavy atom. The first-order chi connectivity index (χ1) is 11.9. The van der Waals surface area contributed by atoms with Gasteiger partial charge < -0.3 is 5.32 Å². The lowest BCUT2D eigenvalue weighted by Crippen LogP contribution is -2.27. The number of benzene rings is 1. The molecule has 0 spiro atoms. The van der Waals surface area contributed by atoms with Crippen LogP contribution in [-0.4, -0.2) is 15.9 Å². The molecule has 3 rings (SSSR count). The Morgan fingerprint density at radius 2 is 1.88 bits per heavy atom. The molecule has 2 aromatic heterocycles. The number of hydrogen-bond acceptors (Lipinski definition) is 4. The number of aromatic nitrogens is 2. The van der Waals surface area contributed by atoms with Gasteiger partial charge in [-0.15, -0.1) is 11.3 Å². The molecule has 1 atom stereocenters. The van der Waals surface area contributed by atoms with Crippen LogP contribution in [-0.2, 0) is 0 Å². The highest BCUT2D eigenvalue weighted by Gasteiger charge is 2.21. The molecule has 3 aromatic rings. The molecule has 25 heavy (non-hydrogen) atoms. The Kier molecular flexibility index (Phi) is 5.06. The summed E-state index contributed by atoms with van der Waals surface area (Å²) in [6, 6.07) is 7.54. The molecular formula is C19H20ClN3OS. The maximum Gasteiger partial charge on any atom is 0.262 e. The zero-order chi connectivity index (χ0) is 18.1. The summed E-state index contributed by atoms with van der Waals surface area (Å²) in [7, 11) is 0. The molecule has 1 aromatic carbocycles. The van der Waals surface area contributed by atoms with Crippen molar-refractivity contribution in [2.75, 3.05) is 0 Å². The molecule has 0 radical (unpaired) electrons. The van der Waals surface area contributed by atoms with E-state index in [1.54, 1.807) is 0 Å². The van der Waals surface area contributed by atoms with Gasteiger partial charge in [0, 0.05) is 16.1 Å². The zero-order valence-electron chi connectivity index (χ0n) is 14.7. The summed E-state index contributed by atoms with van der Waals surface area (Å²) in [5.41, 5.74) is 2.91. The van der Waals surface area contributed by atoms with Crippen molar-refractivity contribution in [2.24, 2.45) is 0 Å². The molecule has 0 aliphatic carbocycles. The first-order valence-electron chi connectivity index (χ1n) is 8.21. The van der Waals surface area contributed by atoms with Crippen LogP contribution in [0, 0.1) is 20.8 Å². The number of carbonyl (C=O) groups excluding carboxylic acids is 1. The van der Waals surface area contributed by atoms with Crippen molar-refractivity contribution in [1.82, 2.24) is 15.3 Å². The highest BCUT2D eigenvalue weighted by atomic mass is 35.5. The van der Waals surface area contributed by atoms with E-state index in [9.17, 15) is 4.79 Å². The van der Waals surface area contributed by atoms with Crippen LogP contribution in [0.3, 0.4) is 0 Å². The summed E-state index contributed by atoms with van der Waals surface area (Å²) in [5, 5.41) is 4.81. The molecule has 6 heteroatoms. The molecule has 2 heterocycles. The van der Waals surface area contributed by atoms with E-state index in [-0.39, 0.29) is 11.9 Å². The van der Waals surface area contributed by atoms with Crippen LogP contribution in [0.2, 0.25) is 5.02 Å². The van der Waals surface area contributed by atoms with Gasteiger partial charge in [-0.3, -0.25) is 4.79 Å². The number of amides is 1. The smallest absolute Gasteiger partial charge is 0.262 e. The van der Waals surface area contributed by atoms with E-state index in [2.05, 4.69) is 22.2 Å². The summed E-state index contributed by atoms with van der Waals surface area (Å²) in [6.45, 7) is 7.84. The van der Waals surface area contributed by atoms with Crippen LogP contribution in [0.1, 0.15) is 51.7 Å². The molecular weight excluding hydrogens is 354 g/mol. The third-order valence-corrected chi connectivity index (χ3v) is 5.71. The Labute approximate surface area is 156 Å². The second-order valence-electron chi connectivity index (χ2n) is 6.08. The van der Waals surface area contributed by atoms with Crippen molar-refractivity contribution in [1.29, 1.82) is 0 Å². The van der Waals surface area contributed by atoms with E-state index in [1.807, 2.05) is 45.0 Å². The number of aryl methyl sites for hydroxylation is 3. The van der Waals surface area contributed by atoms with Gasteiger partial charge in [0.15, 0.2) is 0 Å². The van der Waals surface area contributed by atoms with Crippen LogP contribution in [0.5, 0.6) is 0 Å². The van der Waals surface area contributed by atoms with Crippen LogP contribution < -0.4 is 5.32 Å². The Morgan fingerprint density at radius 1 is 1.20 bits per heavy atom. The van der Waals surface area contributed by atoms with Gasteiger partial charge in [0.1, 0.15) is 10.7 Å². The van der Waals surface area contributed by atoms with Crippen LogP contribution in [0.25, 0.3) is 10.2 Å². The average Bonchev–Trinajstić information content (AvgIpc) is 2.90.